The number of benzene rings is 1. The molecule has 1 aromatic carbocycles. The first kappa shape index (κ1) is 20.1. The molecule has 0 heterocycles. The summed E-state index contributed by atoms with van der Waals surface area (Å²) in [5.41, 5.74) is -1.90. The zero-order valence-corrected chi connectivity index (χ0v) is 14.6. The fourth-order valence-corrected chi connectivity index (χ4v) is 2.00. The zero-order valence-electron chi connectivity index (χ0n) is 13.9. The van der Waals surface area contributed by atoms with Crippen LogP contribution in [0.5, 0.6) is 11.5 Å². The number of ether oxygens (including phenoxy) is 2. The van der Waals surface area contributed by atoms with Crippen molar-refractivity contribution in [2.75, 3.05) is 20.3 Å². The van der Waals surface area contributed by atoms with E-state index < -0.39 is 24.0 Å². The number of carboxylic acids is 1. The molecule has 0 aliphatic rings. The summed E-state index contributed by atoms with van der Waals surface area (Å²) < 4.78 is 10.8. The van der Waals surface area contributed by atoms with E-state index in [4.69, 9.17) is 26.2 Å². The topological polar surface area (TPSA) is 105 Å². The Morgan fingerprint density at radius 1 is 1.38 bits per heavy atom. The average molecular weight is 360 g/mol. The quantitative estimate of drug-likeness (QED) is 0.583. The predicted molar refractivity (Wildman–Crippen MR) is 89.0 cm³/mol. The van der Waals surface area contributed by atoms with Crippen LogP contribution in [0.25, 0.3) is 0 Å². The summed E-state index contributed by atoms with van der Waals surface area (Å²) in [5, 5.41) is 21.0. The number of hydrogen-bond donors (Lipinski definition) is 3. The number of aliphatic carboxylic acids is 1. The van der Waals surface area contributed by atoms with E-state index in [0.717, 1.165) is 19.8 Å². The van der Waals surface area contributed by atoms with Gasteiger partial charge in [-0.2, -0.15) is 0 Å². The Kier molecular flexibility index (Phi) is 7.31. The molecule has 0 bridgehead atoms. The third-order valence-electron chi connectivity index (χ3n) is 3.29. The van der Waals surface area contributed by atoms with Crippen LogP contribution in [0.2, 0.25) is 5.02 Å². The van der Waals surface area contributed by atoms with Crippen LogP contribution in [0.4, 0.5) is 0 Å². The SMILES string of the molecule is CCCCOc1c(Cl)cc(C(=O)NCC(C)(O)C(=O)O)cc1OC. The summed E-state index contributed by atoms with van der Waals surface area (Å²) in [6.45, 7) is 3.14. The predicted octanol–water partition coefficient (Wildman–Crippen LogP) is 2.09. The lowest BCUT2D eigenvalue weighted by Crippen LogP contribution is -2.46. The second-order valence-corrected chi connectivity index (χ2v) is 5.86. The van der Waals surface area contributed by atoms with Crippen molar-refractivity contribution >= 4 is 23.5 Å². The summed E-state index contributed by atoms with van der Waals surface area (Å²) >= 11 is 6.15. The second-order valence-electron chi connectivity index (χ2n) is 5.45. The Hall–Kier alpha value is -1.99. The van der Waals surface area contributed by atoms with Crippen molar-refractivity contribution in [2.24, 2.45) is 0 Å². The highest BCUT2D eigenvalue weighted by atomic mass is 35.5. The lowest BCUT2D eigenvalue weighted by Gasteiger charge is -2.19. The summed E-state index contributed by atoms with van der Waals surface area (Å²) in [6, 6.07) is 2.84. The van der Waals surface area contributed by atoms with Crippen molar-refractivity contribution < 1.29 is 29.3 Å². The number of carboxylic acid groups (broad SMARTS) is 1. The monoisotopic (exact) mass is 359 g/mol. The first-order valence-electron chi connectivity index (χ1n) is 7.47. The number of amides is 1. The number of hydrogen-bond acceptors (Lipinski definition) is 5. The Labute approximate surface area is 145 Å². The standard InChI is InChI=1S/C16H22ClNO6/c1-4-5-6-24-13-11(17)7-10(8-12(13)23-3)14(19)18-9-16(2,22)15(20)21/h7-8,22H,4-6,9H2,1-3H3,(H,18,19)(H,20,21). The van der Waals surface area contributed by atoms with E-state index in [2.05, 4.69) is 5.32 Å². The van der Waals surface area contributed by atoms with Gasteiger partial charge in [-0.25, -0.2) is 4.79 Å². The molecule has 0 aliphatic carbocycles. The van der Waals surface area contributed by atoms with Gasteiger partial charge in [0.15, 0.2) is 17.1 Å². The van der Waals surface area contributed by atoms with Crippen molar-refractivity contribution in [2.45, 2.75) is 32.3 Å². The molecular formula is C16H22ClNO6. The van der Waals surface area contributed by atoms with Crippen LogP contribution >= 0.6 is 11.6 Å². The smallest absolute Gasteiger partial charge is 0.337 e. The lowest BCUT2D eigenvalue weighted by atomic mass is 10.1. The van der Waals surface area contributed by atoms with Gasteiger partial charge < -0.3 is 25.0 Å². The van der Waals surface area contributed by atoms with E-state index in [-0.39, 0.29) is 10.6 Å². The number of rotatable bonds is 9. The number of carbonyl (C=O) groups is 2. The van der Waals surface area contributed by atoms with Gasteiger partial charge in [-0.3, -0.25) is 4.79 Å². The third kappa shape index (κ3) is 5.28. The highest BCUT2D eigenvalue weighted by molar-refractivity contribution is 6.32. The average Bonchev–Trinajstić information content (AvgIpc) is 2.53. The van der Waals surface area contributed by atoms with Crippen LogP contribution in [-0.4, -0.2) is 48.0 Å². The van der Waals surface area contributed by atoms with Crippen LogP contribution in [0.1, 0.15) is 37.0 Å². The molecule has 0 fully saturated rings. The Morgan fingerprint density at radius 2 is 2.04 bits per heavy atom. The van der Waals surface area contributed by atoms with Crippen LogP contribution in [0, 0.1) is 0 Å². The van der Waals surface area contributed by atoms with E-state index in [1.807, 2.05) is 6.92 Å². The molecular weight excluding hydrogens is 338 g/mol. The Morgan fingerprint density at radius 3 is 2.58 bits per heavy atom. The zero-order chi connectivity index (χ0) is 18.3. The second kappa shape index (κ2) is 8.75. The van der Waals surface area contributed by atoms with Gasteiger partial charge >= 0.3 is 5.97 Å². The van der Waals surface area contributed by atoms with Crippen molar-refractivity contribution in [3.8, 4) is 11.5 Å². The van der Waals surface area contributed by atoms with Gasteiger partial charge in [-0.15, -0.1) is 0 Å². The van der Waals surface area contributed by atoms with E-state index in [9.17, 15) is 14.7 Å². The highest BCUT2D eigenvalue weighted by Crippen LogP contribution is 2.36. The Balaban J connectivity index is 2.90. The maximum Gasteiger partial charge on any atom is 0.337 e. The third-order valence-corrected chi connectivity index (χ3v) is 3.57. The van der Waals surface area contributed by atoms with Crippen molar-refractivity contribution in [3.05, 3.63) is 22.7 Å². The molecule has 0 saturated carbocycles. The molecule has 134 valence electrons. The van der Waals surface area contributed by atoms with E-state index in [0.29, 0.717) is 18.1 Å². The van der Waals surface area contributed by atoms with E-state index >= 15 is 0 Å². The van der Waals surface area contributed by atoms with E-state index in [1.165, 1.54) is 19.2 Å². The number of carbonyl (C=O) groups excluding carboxylic acids is 1. The fourth-order valence-electron chi connectivity index (χ4n) is 1.74. The molecule has 3 N–H and O–H groups in total. The lowest BCUT2D eigenvalue weighted by molar-refractivity contribution is -0.155. The molecule has 1 unspecified atom stereocenters. The summed E-state index contributed by atoms with van der Waals surface area (Å²) in [5.74, 6) is -1.37. The molecule has 1 atom stereocenters. The highest BCUT2D eigenvalue weighted by Gasteiger charge is 2.30. The summed E-state index contributed by atoms with van der Waals surface area (Å²) in [4.78, 5) is 23.0. The molecule has 24 heavy (non-hydrogen) atoms. The number of unbranched alkanes of at least 4 members (excludes halogenated alkanes) is 1. The number of halogens is 1. The fraction of sp³-hybridized carbons (Fsp3) is 0.500. The van der Waals surface area contributed by atoms with Crippen LogP contribution in [-0.2, 0) is 4.79 Å². The molecule has 0 saturated heterocycles. The molecule has 1 rings (SSSR count). The minimum atomic E-state index is -2.06. The first-order chi connectivity index (χ1) is 11.2. The van der Waals surface area contributed by atoms with Gasteiger partial charge in [0.2, 0.25) is 0 Å². The van der Waals surface area contributed by atoms with Gasteiger partial charge in [0.25, 0.3) is 5.91 Å². The summed E-state index contributed by atoms with van der Waals surface area (Å²) in [6.07, 6.45) is 1.82. The minimum Gasteiger partial charge on any atom is -0.493 e. The first-order valence-corrected chi connectivity index (χ1v) is 7.85. The molecule has 0 aliphatic heterocycles. The van der Waals surface area contributed by atoms with Gasteiger partial charge in [-0.1, -0.05) is 24.9 Å². The van der Waals surface area contributed by atoms with Crippen molar-refractivity contribution in [1.82, 2.24) is 5.32 Å². The van der Waals surface area contributed by atoms with Crippen molar-refractivity contribution in [1.29, 1.82) is 0 Å². The van der Waals surface area contributed by atoms with Crippen LogP contribution < -0.4 is 14.8 Å². The Bertz CT molecular complexity index is 602. The molecule has 1 amide bonds. The summed E-state index contributed by atoms with van der Waals surface area (Å²) in [7, 11) is 1.43. The molecule has 0 aromatic heterocycles. The molecule has 7 nitrogen and oxygen atoms in total. The number of aliphatic hydroxyl groups is 1. The normalized spacial score (nSPS) is 13.0. The maximum absolute atomic E-state index is 12.1. The molecule has 1 aromatic rings. The molecule has 0 spiro atoms. The van der Waals surface area contributed by atoms with Gasteiger partial charge in [-0.05, 0) is 25.5 Å². The molecule has 0 radical (unpaired) electrons. The van der Waals surface area contributed by atoms with Gasteiger partial charge in [0.1, 0.15) is 0 Å². The minimum absolute atomic E-state index is 0.167. The maximum atomic E-state index is 12.1. The van der Waals surface area contributed by atoms with Crippen LogP contribution in [0.15, 0.2) is 12.1 Å². The van der Waals surface area contributed by atoms with Crippen LogP contribution in [0.3, 0.4) is 0 Å². The van der Waals surface area contributed by atoms with Gasteiger partial charge in [0, 0.05) is 5.56 Å². The van der Waals surface area contributed by atoms with Gasteiger partial charge in [0.05, 0.1) is 25.3 Å². The number of methoxy groups -OCH3 is 1. The van der Waals surface area contributed by atoms with Crippen molar-refractivity contribution in [3.63, 3.8) is 0 Å². The molecule has 8 heteroatoms. The largest absolute Gasteiger partial charge is 0.493 e. The van der Waals surface area contributed by atoms with E-state index in [1.54, 1.807) is 0 Å². The number of nitrogens with one attached hydrogen (secondary N) is 1.